The highest BCUT2D eigenvalue weighted by molar-refractivity contribution is 6.00. The van der Waals surface area contributed by atoms with E-state index < -0.39 is 17.2 Å². The maximum Gasteiger partial charge on any atom is 0.327 e. The lowest BCUT2D eigenvalue weighted by Crippen LogP contribution is -2.36. The normalized spacial score (nSPS) is 18.4. The number of nitrogens with zero attached hydrogens (tertiary/aromatic N) is 1. The second-order valence-corrected chi connectivity index (χ2v) is 7.19. The summed E-state index contributed by atoms with van der Waals surface area (Å²) in [6.45, 7) is 6.02. The summed E-state index contributed by atoms with van der Waals surface area (Å²) in [6, 6.07) is 8.00. The van der Waals surface area contributed by atoms with Crippen molar-refractivity contribution in [2.24, 2.45) is 0 Å². The van der Waals surface area contributed by atoms with Gasteiger partial charge >= 0.3 is 5.69 Å². The SMILES string of the molecule is CCN(CC)c1ccc([C@@H]2C3=C(CCCC3=O)Nc3[nH]c(=O)[nH]c(=O)c32)cc1. The standard InChI is InChI=1S/C21H24N4O3/c1-3-25(4-2)13-10-8-12(9-11-13)16-17-14(6-5-7-15(17)26)22-19-18(16)20(27)24-21(28)23-19/h8-11,16H,3-7H2,1-2H3,(H3,22,23,24,27,28)/t16-/m1/s1. The molecule has 2 aromatic rings. The number of benzene rings is 1. The van der Waals surface area contributed by atoms with Crippen LogP contribution in [-0.2, 0) is 4.79 Å². The Morgan fingerprint density at radius 1 is 1.00 bits per heavy atom. The second kappa shape index (κ2) is 7.14. The van der Waals surface area contributed by atoms with Crippen molar-refractivity contribution < 1.29 is 4.79 Å². The molecule has 1 aromatic carbocycles. The predicted octanol–water partition coefficient (Wildman–Crippen LogP) is 2.47. The molecule has 0 saturated heterocycles. The van der Waals surface area contributed by atoms with E-state index >= 15 is 0 Å². The Morgan fingerprint density at radius 2 is 1.71 bits per heavy atom. The van der Waals surface area contributed by atoms with Crippen molar-refractivity contribution in [1.29, 1.82) is 0 Å². The molecule has 1 aromatic heterocycles. The number of allylic oxidation sites excluding steroid dienone is 2. The van der Waals surface area contributed by atoms with Crippen LogP contribution in [0.1, 0.15) is 50.2 Å². The highest BCUT2D eigenvalue weighted by Gasteiger charge is 2.37. The van der Waals surface area contributed by atoms with E-state index in [-0.39, 0.29) is 5.78 Å². The van der Waals surface area contributed by atoms with Crippen LogP contribution < -0.4 is 21.5 Å². The summed E-state index contributed by atoms with van der Waals surface area (Å²) in [5.74, 6) is -0.0340. The molecule has 0 saturated carbocycles. The van der Waals surface area contributed by atoms with Crippen molar-refractivity contribution in [2.75, 3.05) is 23.3 Å². The molecule has 0 radical (unpaired) electrons. The molecule has 2 aliphatic rings. The quantitative estimate of drug-likeness (QED) is 0.757. The Bertz CT molecular complexity index is 1060. The van der Waals surface area contributed by atoms with Crippen LogP contribution in [0.25, 0.3) is 0 Å². The minimum Gasteiger partial charge on any atom is -0.372 e. The number of H-pyrrole nitrogens is 2. The van der Waals surface area contributed by atoms with Crippen molar-refractivity contribution in [3.05, 3.63) is 67.5 Å². The molecule has 0 unspecified atom stereocenters. The predicted molar refractivity (Wildman–Crippen MR) is 109 cm³/mol. The summed E-state index contributed by atoms with van der Waals surface area (Å²) in [6.07, 6.45) is 1.97. The van der Waals surface area contributed by atoms with Gasteiger partial charge < -0.3 is 10.2 Å². The van der Waals surface area contributed by atoms with Gasteiger partial charge in [-0.05, 0) is 44.4 Å². The first-order valence-corrected chi connectivity index (χ1v) is 9.78. The Morgan fingerprint density at radius 3 is 2.39 bits per heavy atom. The lowest BCUT2D eigenvalue weighted by atomic mass is 9.76. The van der Waals surface area contributed by atoms with Crippen molar-refractivity contribution in [3.63, 3.8) is 0 Å². The molecule has 4 rings (SSSR count). The lowest BCUT2D eigenvalue weighted by Gasteiger charge is -2.33. The molecule has 146 valence electrons. The smallest absolute Gasteiger partial charge is 0.327 e. The first-order chi connectivity index (χ1) is 13.5. The number of aromatic nitrogens is 2. The molecule has 1 aliphatic heterocycles. The van der Waals surface area contributed by atoms with Crippen LogP contribution in [-0.4, -0.2) is 28.8 Å². The first-order valence-electron chi connectivity index (χ1n) is 9.78. The molecule has 1 aliphatic carbocycles. The highest BCUT2D eigenvalue weighted by Crippen LogP contribution is 2.43. The van der Waals surface area contributed by atoms with E-state index in [1.54, 1.807) is 0 Å². The van der Waals surface area contributed by atoms with Crippen molar-refractivity contribution >= 4 is 17.3 Å². The first kappa shape index (κ1) is 18.3. The fourth-order valence-corrected chi connectivity index (χ4v) is 4.29. The third kappa shape index (κ3) is 2.96. The van der Waals surface area contributed by atoms with E-state index in [1.165, 1.54) is 0 Å². The fourth-order valence-electron chi connectivity index (χ4n) is 4.29. The number of carbonyl (C=O) groups excluding carboxylic acids is 1. The van der Waals surface area contributed by atoms with Crippen molar-refractivity contribution in [3.8, 4) is 0 Å². The van der Waals surface area contributed by atoms with Gasteiger partial charge in [0.25, 0.3) is 5.56 Å². The summed E-state index contributed by atoms with van der Waals surface area (Å²) >= 11 is 0. The van der Waals surface area contributed by atoms with Gasteiger partial charge in [-0.2, -0.15) is 0 Å². The van der Waals surface area contributed by atoms with Gasteiger partial charge in [-0.15, -0.1) is 0 Å². The lowest BCUT2D eigenvalue weighted by molar-refractivity contribution is -0.116. The van der Waals surface area contributed by atoms with Crippen LogP contribution in [0.4, 0.5) is 11.5 Å². The van der Waals surface area contributed by atoms with Gasteiger partial charge in [-0.25, -0.2) is 4.79 Å². The van der Waals surface area contributed by atoms with E-state index in [2.05, 4.69) is 34.0 Å². The van der Waals surface area contributed by atoms with Crippen molar-refractivity contribution in [2.45, 2.75) is 39.0 Å². The van der Waals surface area contributed by atoms with Crippen LogP contribution >= 0.6 is 0 Å². The number of ketones is 1. The van der Waals surface area contributed by atoms with Crippen LogP contribution in [0.15, 0.2) is 45.1 Å². The van der Waals surface area contributed by atoms with E-state index in [0.717, 1.165) is 42.9 Å². The molecular formula is C21H24N4O3. The monoisotopic (exact) mass is 380 g/mol. The van der Waals surface area contributed by atoms with Crippen LogP contribution in [0, 0.1) is 0 Å². The topological polar surface area (TPSA) is 98.1 Å². The van der Waals surface area contributed by atoms with Crippen molar-refractivity contribution in [1.82, 2.24) is 9.97 Å². The summed E-state index contributed by atoms with van der Waals surface area (Å²) in [4.78, 5) is 44.4. The Kier molecular flexibility index (Phi) is 4.66. The number of hydrogen-bond acceptors (Lipinski definition) is 5. The number of hydrogen-bond donors (Lipinski definition) is 3. The maximum atomic E-state index is 12.8. The van der Waals surface area contributed by atoms with E-state index in [9.17, 15) is 14.4 Å². The van der Waals surface area contributed by atoms with Crippen LogP contribution in [0.5, 0.6) is 0 Å². The molecule has 3 N–H and O–H groups in total. The summed E-state index contributed by atoms with van der Waals surface area (Å²) in [7, 11) is 0. The Hall–Kier alpha value is -3.09. The molecule has 2 heterocycles. The zero-order chi connectivity index (χ0) is 19.8. The zero-order valence-corrected chi connectivity index (χ0v) is 16.1. The third-order valence-corrected chi connectivity index (χ3v) is 5.64. The molecule has 7 nitrogen and oxygen atoms in total. The third-order valence-electron chi connectivity index (χ3n) is 5.64. The molecule has 7 heteroatoms. The Balaban J connectivity index is 1.88. The minimum atomic E-state index is -0.557. The number of Topliss-reactive ketones (excluding diaryl/α,β-unsaturated/α-hetero) is 1. The summed E-state index contributed by atoms with van der Waals surface area (Å²) in [5.41, 5.74) is 2.80. The van der Waals surface area contributed by atoms with E-state index in [4.69, 9.17) is 0 Å². The van der Waals surface area contributed by atoms with Crippen LogP contribution in [0.2, 0.25) is 0 Å². The van der Waals surface area contributed by atoms with Gasteiger partial charge in [-0.1, -0.05) is 12.1 Å². The Labute approximate surface area is 162 Å². The highest BCUT2D eigenvalue weighted by atomic mass is 16.2. The average molecular weight is 380 g/mol. The molecule has 0 fully saturated rings. The van der Waals surface area contributed by atoms with Gasteiger partial charge in [-0.3, -0.25) is 19.6 Å². The van der Waals surface area contributed by atoms with Gasteiger partial charge in [0.1, 0.15) is 5.82 Å². The number of nitrogens with one attached hydrogen (secondary N) is 3. The number of aromatic amines is 2. The molecular weight excluding hydrogens is 356 g/mol. The molecule has 28 heavy (non-hydrogen) atoms. The number of anilines is 2. The number of carbonyl (C=O) groups is 1. The average Bonchev–Trinajstić information content (AvgIpc) is 2.68. The van der Waals surface area contributed by atoms with Gasteiger partial charge in [0, 0.05) is 42.4 Å². The molecule has 0 spiro atoms. The fraction of sp³-hybridized carbons (Fsp3) is 0.381. The zero-order valence-electron chi connectivity index (χ0n) is 16.1. The van der Waals surface area contributed by atoms with Gasteiger partial charge in [0.15, 0.2) is 5.78 Å². The molecule has 0 amide bonds. The van der Waals surface area contributed by atoms with Gasteiger partial charge in [0.05, 0.1) is 5.56 Å². The maximum absolute atomic E-state index is 12.8. The summed E-state index contributed by atoms with van der Waals surface area (Å²) in [5, 5.41) is 3.13. The molecule has 0 bridgehead atoms. The van der Waals surface area contributed by atoms with E-state index in [1.807, 2.05) is 24.3 Å². The number of rotatable bonds is 4. The van der Waals surface area contributed by atoms with E-state index in [0.29, 0.717) is 23.4 Å². The summed E-state index contributed by atoms with van der Waals surface area (Å²) < 4.78 is 0. The van der Waals surface area contributed by atoms with Gasteiger partial charge in [0.2, 0.25) is 0 Å². The largest absolute Gasteiger partial charge is 0.372 e. The molecule has 1 atom stereocenters. The minimum absolute atomic E-state index is 0.0582. The second-order valence-electron chi connectivity index (χ2n) is 7.19. The van der Waals surface area contributed by atoms with Crippen LogP contribution in [0.3, 0.4) is 0 Å². The number of fused-ring (bicyclic) bond motifs is 1.